The highest BCUT2D eigenvalue weighted by Crippen LogP contribution is 2.37. The van der Waals surface area contributed by atoms with Crippen LogP contribution in [0.4, 0.5) is 4.79 Å². The van der Waals surface area contributed by atoms with Crippen molar-refractivity contribution in [1.82, 2.24) is 10.2 Å². The van der Waals surface area contributed by atoms with Gasteiger partial charge in [0.15, 0.2) is 0 Å². The molecule has 0 radical (unpaired) electrons. The highest BCUT2D eigenvalue weighted by atomic mass is 16.2. The van der Waals surface area contributed by atoms with Gasteiger partial charge in [0.1, 0.15) is 0 Å². The van der Waals surface area contributed by atoms with Crippen LogP contribution in [0.15, 0.2) is 48.5 Å². The Labute approximate surface area is 158 Å². The highest BCUT2D eigenvalue weighted by Gasteiger charge is 2.48. The van der Waals surface area contributed by atoms with E-state index in [0.29, 0.717) is 5.56 Å². The van der Waals surface area contributed by atoms with Crippen molar-refractivity contribution in [2.75, 3.05) is 7.05 Å². The van der Waals surface area contributed by atoms with Crippen LogP contribution in [0.3, 0.4) is 0 Å². The van der Waals surface area contributed by atoms with Crippen molar-refractivity contribution in [2.45, 2.75) is 18.9 Å². The molecular formula is C22H19N3O2. The first-order valence-corrected chi connectivity index (χ1v) is 8.55. The number of benzene rings is 2. The second kappa shape index (κ2) is 6.97. The maximum Gasteiger partial charge on any atom is 0.324 e. The molecule has 27 heavy (non-hydrogen) atoms. The summed E-state index contributed by atoms with van der Waals surface area (Å²) in [5, 5.41) is 12.1. The van der Waals surface area contributed by atoms with Crippen LogP contribution in [0.5, 0.6) is 0 Å². The van der Waals surface area contributed by atoms with E-state index in [1.165, 1.54) is 7.05 Å². The standard InChI is InChI=1S/C22H19N3O2/c1-4-7-19-20(26)25(3)21(27)24-22(19,2)18-11-6-10-17(13-18)16-9-5-8-15(12-16)14-23/h1,5-6,8-13,19H,7H2,2-3H3,(H,24,27)/t19-,22+/m0/s1. The third-order valence-electron chi connectivity index (χ3n) is 5.11. The molecule has 1 aliphatic rings. The lowest BCUT2D eigenvalue weighted by Crippen LogP contribution is -2.63. The van der Waals surface area contributed by atoms with Crippen LogP contribution in [0.1, 0.15) is 24.5 Å². The summed E-state index contributed by atoms with van der Waals surface area (Å²) in [6, 6.07) is 16.6. The molecule has 3 rings (SSSR count). The summed E-state index contributed by atoms with van der Waals surface area (Å²) in [6.45, 7) is 1.82. The summed E-state index contributed by atoms with van der Waals surface area (Å²) in [5.41, 5.74) is 2.22. The van der Waals surface area contributed by atoms with Gasteiger partial charge in [-0.15, -0.1) is 12.3 Å². The third-order valence-corrected chi connectivity index (χ3v) is 5.11. The van der Waals surface area contributed by atoms with Crippen LogP contribution in [0, 0.1) is 29.6 Å². The molecule has 5 heteroatoms. The molecule has 1 fully saturated rings. The molecule has 0 bridgehead atoms. The number of hydrogen-bond acceptors (Lipinski definition) is 3. The van der Waals surface area contributed by atoms with E-state index in [1.54, 1.807) is 12.1 Å². The molecule has 1 saturated heterocycles. The average molecular weight is 357 g/mol. The smallest absolute Gasteiger partial charge is 0.324 e. The average Bonchev–Trinajstić information content (AvgIpc) is 2.70. The molecule has 2 aromatic rings. The summed E-state index contributed by atoms with van der Waals surface area (Å²) in [7, 11) is 1.45. The van der Waals surface area contributed by atoms with Crippen LogP contribution in [-0.4, -0.2) is 23.9 Å². The van der Waals surface area contributed by atoms with Gasteiger partial charge in [0.25, 0.3) is 0 Å². The molecule has 2 aromatic carbocycles. The Morgan fingerprint density at radius 2 is 1.85 bits per heavy atom. The van der Waals surface area contributed by atoms with Gasteiger partial charge in [-0.05, 0) is 41.8 Å². The molecule has 0 spiro atoms. The van der Waals surface area contributed by atoms with Crippen LogP contribution < -0.4 is 5.32 Å². The predicted octanol–water partition coefficient (Wildman–Crippen LogP) is 3.26. The Hall–Kier alpha value is -3.57. The van der Waals surface area contributed by atoms with Crippen molar-refractivity contribution in [1.29, 1.82) is 5.26 Å². The monoisotopic (exact) mass is 357 g/mol. The number of nitrogens with one attached hydrogen (secondary N) is 1. The lowest BCUT2D eigenvalue weighted by atomic mass is 9.75. The van der Waals surface area contributed by atoms with E-state index in [1.807, 2.05) is 43.3 Å². The zero-order chi connectivity index (χ0) is 19.6. The fourth-order valence-corrected chi connectivity index (χ4v) is 3.45. The number of carbonyl (C=O) groups is 2. The number of imide groups is 1. The number of amides is 3. The highest BCUT2D eigenvalue weighted by molar-refractivity contribution is 5.99. The Morgan fingerprint density at radius 3 is 2.52 bits per heavy atom. The number of terminal acetylenes is 1. The molecule has 3 amide bonds. The van der Waals surface area contributed by atoms with Crippen molar-refractivity contribution < 1.29 is 9.59 Å². The van der Waals surface area contributed by atoms with Gasteiger partial charge < -0.3 is 5.32 Å². The largest absolute Gasteiger partial charge is 0.328 e. The van der Waals surface area contributed by atoms with E-state index < -0.39 is 17.5 Å². The number of rotatable bonds is 3. The summed E-state index contributed by atoms with van der Waals surface area (Å²) >= 11 is 0. The van der Waals surface area contributed by atoms with Crippen LogP contribution in [0.2, 0.25) is 0 Å². The van der Waals surface area contributed by atoms with Crippen LogP contribution in [0.25, 0.3) is 11.1 Å². The van der Waals surface area contributed by atoms with E-state index in [2.05, 4.69) is 17.3 Å². The minimum atomic E-state index is -0.921. The van der Waals surface area contributed by atoms with Gasteiger partial charge in [-0.1, -0.05) is 30.3 Å². The number of urea groups is 1. The fraction of sp³-hybridized carbons (Fsp3) is 0.227. The van der Waals surface area contributed by atoms with E-state index in [9.17, 15) is 9.59 Å². The molecule has 134 valence electrons. The summed E-state index contributed by atoms with van der Waals surface area (Å²) in [4.78, 5) is 26.0. The van der Waals surface area contributed by atoms with Gasteiger partial charge in [-0.25, -0.2) is 4.79 Å². The molecule has 1 aliphatic heterocycles. The van der Waals surface area contributed by atoms with E-state index in [0.717, 1.165) is 21.6 Å². The second-order valence-corrected chi connectivity index (χ2v) is 6.76. The first-order valence-electron chi connectivity index (χ1n) is 8.55. The Morgan fingerprint density at radius 1 is 1.19 bits per heavy atom. The van der Waals surface area contributed by atoms with Gasteiger partial charge in [-0.2, -0.15) is 5.26 Å². The minimum Gasteiger partial charge on any atom is -0.328 e. The Bertz CT molecular complexity index is 999. The van der Waals surface area contributed by atoms with Gasteiger partial charge in [0.2, 0.25) is 5.91 Å². The molecule has 0 aliphatic carbocycles. The predicted molar refractivity (Wildman–Crippen MR) is 102 cm³/mol. The van der Waals surface area contributed by atoms with E-state index in [4.69, 9.17) is 11.7 Å². The minimum absolute atomic E-state index is 0.216. The fourth-order valence-electron chi connectivity index (χ4n) is 3.45. The van der Waals surface area contributed by atoms with Crippen LogP contribution in [-0.2, 0) is 10.3 Å². The maximum atomic E-state index is 12.7. The molecule has 5 nitrogen and oxygen atoms in total. The Balaban J connectivity index is 2.09. The van der Waals surface area contributed by atoms with E-state index >= 15 is 0 Å². The quantitative estimate of drug-likeness (QED) is 0.857. The van der Waals surface area contributed by atoms with Gasteiger partial charge >= 0.3 is 6.03 Å². The molecule has 0 saturated carbocycles. The van der Waals surface area contributed by atoms with Gasteiger partial charge in [0, 0.05) is 13.5 Å². The zero-order valence-corrected chi connectivity index (χ0v) is 15.2. The van der Waals surface area contributed by atoms with Crippen molar-refractivity contribution in [3.05, 3.63) is 59.7 Å². The van der Waals surface area contributed by atoms with Crippen molar-refractivity contribution in [3.63, 3.8) is 0 Å². The number of nitriles is 1. The molecule has 0 aromatic heterocycles. The third kappa shape index (κ3) is 3.16. The zero-order valence-electron chi connectivity index (χ0n) is 15.2. The van der Waals surface area contributed by atoms with E-state index in [-0.39, 0.29) is 12.3 Å². The molecule has 1 N–H and O–H groups in total. The van der Waals surface area contributed by atoms with Gasteiger partial charge in [0.05, 0.1) is 23.1 Å². The van der Waals surface area contributed by atoms with Crippen molar-refractivity contribution >= 4 is 11.9 Å². The number of hydrogen-bond donors (Lipinski definition) is 1. The summed E-state index contributed by atoms with van der Waals surface area (Å²) in [5.74, 6) is 1.70. The summed E-state index contributed by atoms with van der Waals surface area (Å²) in [6.07, 6.45) is 5.71. The first kappa shape index (κ1) is 18.2. The maximum absolute atomic E-state index is 12.7. The number of carbonyl (C=O) groups excluding carboxylic acids is 2. The first-order chi connectivity index (χ1) is 12.9. The lowest BCUT2D eigenvalue weighted by Gasteiger charge is -2.43. The molecule has 2 atom stereocenters. The number of nitrogens with zero attached hydrogens (tertiary/aromatic N) is 2. The normalized spacial score (nSPS) is 21.9. The van der Waals surface area contributed by atoms with Gasteiger partial charge in [-0.3, -0.25) is 9.69 Å². The lowest BCUT2D eigenvalue weighted by molar-refractivity contribution is -0.136. The SMILES string of the molecule is C#CC[C@H]1C(=O)N(C)C(=O)N[C@]1(C)c1cccc(-c2cccc(C#N)c2)c1. The molecular weight excluding hydrogens is 338 g/mol. The second-order valence-electron chi connectivity index (χ2n) is 6.76. The van der Waals surface area contributed by atoms with Crippen molar-refractivity contribution in [3.8, 4) is 29.5 Å². The Kier molecular flexibility index (Phi) is 4.71. The molecule has 0 unspecified atom stereocenters. The van der Waals surface area contributed by atoms with Crippen molar-refractivity contribution in [2.24, 2.45) is 5.92 Å². The topological polar surface area (TPSA) is 73.2 Å². The summed E-state index contributed by atoms with van der Waals surface area (Å²) < 4.78 is 0. The molecule has 1 heterocycles. The van der Waals surface area contributed by atoms with Crippen LogP contribution >= 0.6 is 0 Å².